The van der Waals surface area contributed by atoms with E-state index in [4.69, 9.17) is 28.9 Å². The molecule has 2 unspecified atom stereocenters. The average Bonchev–Trinajstić information content (AvgIpc) is 2.32. The van der Waals surface area contributed by atoms with Gasteiger partial charge in [-0.2, -0.15) is 0 Å². The third kappa shape index (κ3) is 4.48. The third-order valence-electron chi connectivity index (χ3n) is 2.79. The van der Waals surface area contributed by atoms with Crippen LogP contribution in [-0.2, 0) is 4.79 Å². The van der Waals surface area contributed by atoms with Gasteiger partial charge in [0, 0.05) is 12.5 Å². The summed E-state index contributed by atoms with van der Waals surface area (Å²) in [4.78, 5) is 11.7. The van der Waals surface area contributed by atoms with Gasteiger partial charge in [-0.3, -0.25) is 4.79 Å². The molecule has 5 heteroatoms. The molecule has 100 valence electrons. The van der Waals surface area contributed by atoms with Crippen molar-refractivity contribution in [3.8, 4) is 0 Å². The second-order valence-corrected chi connectivity index (χ2v) is 5.15. The first kappa shape index (κ1) is 15.3. The van der Waals surface area contributed by atoms with E-state index in [0.29, 0.717) is 16.5 Å². The van der Waals surface area contributed by atoms with Crippen molar-refractivity contribution in [2.75, 3.05) is 0 Å². The molecular formula is C13H18Cl2N2O. The number of rotatable bonds is 5. The summed E-state index contributed by atoms with van der Waals surface area (Å²) < 4.78 is 0. The number of nitrogens with one attached hydrogen (secondary N) is 1. The molecule has 1 aromatic rings. The molecular weight excluding hydrogens is 271 g/mol. The van der Waals surface area contributed by atoms with E-state index in [-0.39, 0.29) is 18.0 Å². The summed E-state index contributed by atoms with van der Waals surface area (Å²) in [7, 11) is 0. The Balaban J connectivity index is 2.62. The first-order valence-corrected chi connectivity index (χ1v) is 6.69. The van der Waals surface area contributed by atoms with Crippen LogP contribution < -0.4 is 11.1 Å². The molecule has 0 fully saturated rings. The molecule has 0 aliphatic heterocycles. The number of nitrogens with two attached hydrogens (primary N) is 1. The van der Waals surface area contributed by atoms with Crippen molar-refractivity contribution < 1.29 is 4.79 Å². The quantitative estimate of drug-likeness (QED) is 0.873. The lowest BCUT2D eigenvalue weighted by molar-refractivity contribution is -0.122. The molecule has 0 aliphatic rings. The van der Waals surface area contributed by atoms with E-state index in [0.717, 1.165) is 12.0 Å². The van der Waals surface area contributed by atoms with Crippen LogP contribution in [0, 0.1) is 0 Å². The van der Waals surface area contributed by atoms with Crippen LogP contribution in [0.2, 0.25) is 10.0 Å². The maximum Gasteiger partial charge on any atom is 0.222 e. The van der Waals surface area contributed by atoms with E-state index in [2.05, 4.69) is 5.32 Å². The predicted octanol–water partition coefficient (Wildman–Crippen LogP) is 3.30. The Morgan fingerprint density at radius 3 is 2.61 bits per heavy atom. The minimum absolute atomic E-state index is 0.0528. The Morgan fingerprint density at radius 1 is 1.39 bits per heavy atom. The van der Waals surface area contributed by atoms with Gasteiger partial charge >= 0.3 is 0 Å². The van der Waals surface area contributed by atoms with Gasteiger partial charge in [0.05, 0.1) is 16.1 Å². The van der Waals surface area contributed by atoms with Crippen molar-refractivity contribution >= 4 is 29.1 Å². The molecule has 0 aliphatic carbocycles. The zero-order chi connectivity index (χ0) is 13.7. The van der Waals surface area contributed by atoms with Gasteiger partial charge in [0.15, 0.2) is 0 Å². The number of hydrogen-bond donors (Lipinski definition) is 2. The smallest absolute Gasteiger partial charge is 0.222 e. The summed E-state index contributed by atoms with van der Waals surface area (Å²) in [6, 6.07) is 5.12. The molecule has 0 heterocycles. The summed E-state index contributed by atoms with van der Waals surface area (Å²) in [5, 5.41) is 3.88. The van der Waals surface area contributed by atoms with Gasteiger partial charge in [0.25, 0.3) is 0 Å². The van der Waals surface area contributed by atoms with Gasteiger partial charge in [0.2, 0.25) is 5.91 Å². The van der Waals surface area contributed by atoms with Crippen LogP contribution >= 0.6 is 23.2 Å². The first-order chi connectivity index (χ1) is 8.43. The van der Waals surface area contributed by atoms with Gasteiger partial charge in [-0.1, -0.05) is 36.2 Å². The zero-order valence-electron chi connectivity index (χ0n) is 10.5. The second-order valence-electron chi connectivity index (χ2n) is 4.34. The van der Waals surface area contributed by atoms with Crippen molar-refractivity contribution in [3.05, 3.63) is 33.8 Å². The molecule has 0 spiro atoms. The topological polar surface area (TPSA) is 55.1 Å². The lowest BCUT2D eigenvalue weighted by Crippen LogP contribution is -2.32. The molecule has 1 amide bonds. The molecule has 0 aromatic heterocycles. The number of benzene rings is 1. The molecule has 3 nitrogen and oxygen atoms in total. The molecule has 0 radical (unpaired) electrons. The van der Waals surface area contributed by atoms with E-state index < -0.39 is 0 Å². The number of hydrogen-bond acceptors (Lipinski definition) is 2. The molecule has 18 heavy (non-hydrogen) atoms. The Bertz CT molecular complexity index is 423. The Kier molecular flexibility index (Phi) is 5.93. The molecule has 0 bridgehead atoms. The fourth-order valence-electron chi connectivity index (χ4n) is 1.55. The van der Waals surface area contributed by atoms with Crippen LogP contribution in [0.25, 0.3) is 0 Å². The van der Waals surface area contributed by atoms with Crippen LogP contribution in [0.15, 0.2) is 18.2 Å². The van der Waals surface area contributed by atoms with Crippen LogP contribution in [-0.4, -0.2) is 11.9 Å². The van der Waals surface area contributed by atoms with Gasteiger partial charge < -0.3 is 11.1 Å². The molecule has 0 saturated heterocycles. The Morgan fingerprint density at radius 2 is 2.06 bits per heavy atom. The highest BCUT2D eigenvalue weighted by Crippen LogP contribution is 2.25. The highest BCUT2D eigenvalue weighted by molar-refractivity contribution is 6.42. The van der Waals surface area contributed by atoms with Crippen LogP contribution in [0.4, 0.5) is 0 Å². The molecule has 2 atom stereocenters. The lowest BCUT2D eigenvalue weighted by Gasteiger charge is -2.16. The largest absolute Gasteiger partial charge is 0.350 e. The minimum atomic E-state index is -0.115. The third-order valence-corrected chi connectivity index (χ3v) is 3.53. The number of amides is 1. The van der Waals surface area contributed by atoms with Crippen molar-refractivity contribution in [3.63, 3.8) is 0 Å². The predicted molar refractivity (Wildman–Crippen MR) is 75.9 cm³/mol. The highest BCUT2D eigenvalue weighted by Gasteiger charge is 2.13. The zero-order valence-corrected chi connectivity index (χ0v) is 12.1. The van der Waals surface area contributed by atoms with Crippen molar-refractivity contribution in [1.29, 1.82) is 0 Å². The van der Waals surface area contributed by atoms with Gasteiger partial charge in [-0.15, -0.1) is 0 Å². The normalized spacial score (nSPS) is 14.1. The van der Waals surface area contributed by atoms with Crippen molar-refractivity contribution in [2.24, 2.45) is 5.73 Å². The highest BCUT2D eigenvalue weighted by atomic mass is 35.5. The van der Waals surface area contributed by atoms with Crippen LogP contribution in [0.5, 0.6) is 0 Å². The van der Waals surface area contributed by atoms with Gasteiger partial charge in [-0.05, 0) is 31.0 Å². The van der Waals surface area contributed by atoms with E-state index >= 15 is 0 Å². The summed E-state index contributed by atoms with van der Waals surface area (Å²) in [5.41, 5.74) is 6.65. The fourth-order valence-corrected chi connectivity index (χ4v) is 1.85. The van der Waals surface area contributed by atoms with E-state index in [1.165, 1.54) is 0 Å². The van der Waals surface area contributed by atoms with Crippen LogP contribution in [0.1, 0.15) is 38.3 Å². The van der Waals surface area contributed by atoms with Gasteiger partial charge in [-0.25, -0.2) is 0 Å². The molecule has 0 saturated carbocycles. The summed E-state index contributed by atoms with van der Waals surface area (Å²) in [5.74, 6) is -0.0528. The Hall–Kier alpha value is -0.770. The average molecular weight is 289 g/mol. The Labute approximate surface area is 118 Å². The lowest BCUT2D eigenvalue weighted by atomic mass is 10.1. The second kappa shape index (κ2) is 6.98. The SMILES string of the molecule is CCC(N)CC(=O)NC(C)c1ccc(Cl)c(Cl)c1. The summed E-state index contributed by atoms with van der Waals surface area (Å²) in [6.07, 6.45) is 1.12. The summed E-state index contributed by atoms with van der Waals surface area (Å²) >= 11 is 11.8. The minimum Gasteiger partial charge on any atom is -0.350 e. The van der Waals surface area contributed by atoms with E-state index in [9.17, 15) is 4.79 Å². The monoisotopic (exact) mass is 288 g/mol. The number of halogens is 2. The van der Waals surface area contributed by atoms with E-state index in [1.54, 1.807) is 12.1 Å². The number of carbonyl (C=O) groups is 1. The van der Waals surface area contributed by atoms with Crippen molar-refractivity contribution in [1.82, 2.24) is 5.32 Å². The standard InChI is InChI=1S/C13H18Cl2N2O/c1-3-10(16)7-13(18)17-8(2)9-4-5-11(14)12(15)6-9/h4-6,8,10H,3,7,16H2,1-2H3,(H,17,18). The van der Waals surface area contributed by atoms with Crippen molar-refractivity contribution in [2.45, 2.75) is 38.8 Å². The first-order valence-electron chi connectivity index (χ1n) is 5.94. The fraction of sp³-hybridized carbons (Fsp3) is 0.462. The molecule has 1 aromatic carbocycles. The van der Waals surface area contributed by atoms with E-state index in [1.807, 2.05) is 19.9 Å². The maximum atomic E-state index is 11.7. The summed E-state index contributed by atoms with van der Waals surface area (Å²) in [6.45, 7) is 3.86. The molecule has 1 rings (SSSR count). The number of carbonyl (C=O) groups excluding carboxylic acids is 1. The maximum absolute atomic E-state index is 11.7. The van der Waals surface area contributed by atoms with Gasteiger partial charge in [0.1, 0.15) is 0 Å². The molecule has 3 N–H and O–H groups in total. The van der Waals surface area contributed by atoms with Crippen LogP contribution in [0.3, 0.4) is 0 Å².